The first-order chi connectivity index (χ1) is 16.5. The Hall–Kier alpha value is -2.57. The number of allylic oxidation sites excluding steroid dienone is 4. The second-order valence-corrected chi connectivity index (χ2v) is 10.5. The van der Waals surface area contributed by atoms with E-state index in [1.165, 1.54) is 6.42 Å². The minimum Gasteiger partial charge on any atom is -0.464 e. The van der Waals surface area contributed by atoms with Crippen LogP contribution in [-0.2, 0) is 19.1 Å². The molecule has 2 unspecified atom stereocenters. The van der Waals surface area contributed by atoms with Crippen molar-refractivity contribution in [1.29, 1.82) is 0 Å². The zero-order chi connectivity index (χ0) is 23.7. The molecule has 5 aliphatic rings. The van der Waals surface area contributed by atoms with Crippen LogP contribution < -0.4 is 10.6 Å². The minimum absolute atomic E-state index is 0.00426. The number of amides is 2. The predicted molar refractivity (Wildman–Crippen MR) is 128 cm³/mol. The number of ether oxygens (including phenoxy) is 1. The molecule has 0 aromatic carbocycles. The number of nitrogens with one attached hydrogen (secondary N) is 2. The SMILES string of the molecule is CCOC(=O)[C@@]12C[C@H]1/C=C\CCCCC[C@H](NC1=CC3CC3C=C1)C(=O)N1CCC[C@H]1C(=O)N2. The van der Waals surface area contributed by atoms with Gasteiger partial charge < -0.3 is 20.3 Å². The summed E-state index contributed by atoms with van der Waals surface area (Å²) in [5, 5.41) is 6.53. The van der Waals surface area contributed by atoms with Gasteiger partial charge in [0.1, 0.15) is 17.6 Å². The molecular formula is C27H37N3O4. The molecule has 6 atom stereocenters. The number of nitrogens with zero attached hydrogens (tertiary/aromatic N) is 1. The van der Waals surface area contributed by atoms with E-state index in [2.05, 4.69) is 41.0 Å². The van der Waals surface area contributed by atoms with Gasteiger partial charge >= 0.3 is 5.97 Å². The number of carbonyl (C=O) groups is 3. The van der Waals surface area contributed by atoms with Crippen molar-refractivity contribution < 1.29 is 19.1 Å². The highest BCUT2D eigenvalue weighted by Gasteiger charge is 2.62. The van der Waals surface area contributed by atoms with Gasteiger partial charge in [-0.15, -0.1) is 0 Å². The molecule has 5 rings (SSSR count). The summed E-state index contributed by atoms with van der Waals surface area (Å²) in [5.41, 5.74) is 0.0391. The number of rotatable bonds is 4. The van der Waals surface area contributed by atoms with Crippen molar-refractivity contribution in [3.05, 3.63) is 36.1 Å². The van der Waals surface area contributed by atoms with Crippen molar-refractivity contribution >= 4 is 17.8 Å². The van der Waals surface area contributed by atoms with Gasteiger partial charge in [-0.3, -0.25) is 9.59 Å². The van der Waals surface area contributed by atoms with Gasteiger partial charge in [0.2, 0.25) is 11.8 Å². The van der Waals surface area contributed by atoms with Crippen LogP contribution in [0.4, 0.5) is 0 Å². The Morgan fingerprint density at radius 3 is 2.88 bits per heavy atom. The van der Waals surface area contributed by atoms with Crippen molar-refractivity contribution in [3.63, 3.8) is 0 Å². The summed E-state index contributed by atoms with van der Waals surface area (Å²) in [5.74, 6) is 0.625. The van der Waals surface area contributed by atoms with Crippen LogP contribution in [0.2, 0.25) is 0 Å². The predicted octanol–water partition coefficient (Wildman–Crippen LogP) is 2.98. The maximum Gasteiger partial charge on any atom is 0.332 e. The van der Waals surface area contributed by atoms with E-state index in [-0.39, 0.29) is 36.4 Å². The third kappa shape index (κ3) is 4.66. The third-order valence-corrected chi connectivity index (χ3v) is 8.02. The van der Waals surface area contributed by atoms with Crippen LogP contribution in [0.15, 0.2) is 36.1 Å². The van der Waals surface area contributed by atoms with Crippen molar-refractivity contribution in [2.24, 2.45) is 17.8 Å². The van der Waals surface area contributed by atoms with E-state index in [1.807, 2.05) is 0 Å². The van der Waals surface area contributed by atoms with Gasteiger partial charge in [0.25, 0.3) is 0 Å². The molecule has 1 saturated heterocycles. The zero-order valence-corrected chi connectivity index (χ0v) is 20.1. The summed E-state index contributed by atoms with van der Waals surface area (Å²) in [6.45, 7) is 2.63. The van der Waals surface area contributed by atoms with E-state index in [0.29, 0.717) is 31.2 Å². The largest absolute Gasteiger partial charge is 0.464 e. The first kappa shape index (κ1) is 23.2. The van der Waals surface area contributed by atoms with Crippen LogP contribution in [0, 0.1) is 17.8 Å². The molecule has 3 fully saturated rings. The Morgan fingerprint density at radius 2 is 2.06 bits per heavy atom. The summed E-state index contributed by atoms with van der Waals surface area (Å²) in [6, 6.07) is -0.880. The monoisotopic (exact) mass is 467 g/mol. The van der Waals surface area contributed by atoms with Crippen molar-refractivity contribution in [3.8, 4) is 0 Å². The van der Waals surface area contributed by atoms with E-state index >= 15 is 0 Å². The standard InChI is InChI=1S/C27H37N3O4/c1-2-34-26(33)27-17-20(27)9-6-4-3-5-7-10-22(28-21-13-12-18-15-19(18)16-21)25(32)30-14-8-11-23(30)24(31)29-27/h6,9,12-13,16,18-20,22-23,28H,2-5,7-8,10-11,14-15,17H2,1H3,(H,29,31)/b9-6-/t18?,19?,20-,22+,23+,27-/m1/s1. The molecule has 7 heteroatoms. The number of esters is 1. The fourth-order valence-electron chi connectivity index (χ4n) is 5.78. The molecule has 7 nitrogen and oxygen atoms in total. The van der Waals surface area contributed by atoms with Crippen LogP contribution in [-0.4, -0.2) is 53.5 Å². The Balaban J connectivity index is 1.35. The summed E-state index contributed by atoms with van der Waals surface area (Å²) in [7, 11) is 0. The quantitative estimate of drug-likeness (QED) is 0.490. The van der Waals surface area contributed by atoms with Gasteiger partial charge in [-0.1, -0.05) is 37.1 Å². The minimum atomic E-state index is -0.989. The second-order valence-electron chi connectivity index (χ2n) is 10.5. The second kappa shape index (κ2) is 9.59. The molecule has 2 saturated carbocycles. The first-order valence-electron chi connectivity index (χ1n) is 13.1. The Kier molecular flexibility index (Phi) is 6.54. The summed E-state index contributed by atoms with van der Waals surface area (Å²) < 4.78 is 5.32. The van der Waals surface area contributed by atoms with Crippen LogP contribution in [0.3, 0.4) is 0 Å². The molecule has 0 aromatic rings. The lowest BCUT2D eigenvalue weighted by Gasteiger charge is -2.30. The fraction of sp³-hybridized carbons (Fsp3) is 0.667. The van der Waals surface area contributed by atoms with Crippen molar-refractivity contribution in [2.75, 3.05) is 13.2 Å². The van der Waals surface area contributed by atoms with E-state index in [9.17, 15) is 14.4 Å². The molecule has 0 bridgehead atoms. The molecule has 2 aliphatic heterocycles. The molecule has 3 aliphatic carbocycles. The van der Waals surface area contributed by atoms with Crippen molar-refractivity contribution in [1.82, 2.24) is 15.5 Å². The smallest absolute Gasteiger partial charge is 0.332 e. The number of fused-ring (bicyclic) bond motifs is 3. The lowest BCUT2D eigenvalue weighted by molar-refractivity contribution is -0.150. The average molecular weight is 468 g/mol. The Labute approximate surface area is 202 Å². The first-order valence-corrected chi connectivity index (χ1v) is 13.1. The van der Waals surface area contributed by atoms with E-state index in [4.69, 9.17) is 4.74 Å². The molecule has 2 amide bonds. The summed E-state index contributed by atoms with van der Waals surface area (Å²) >= 11 is 0. The maximum absolute atomic E-state index is 13.7. The lowest BCUT2D eigenvalue weighted by Crippen LogP contribution is -2.56. The molecule has 2 N–H and O–H groups in total. The van der Waals surface area contributed by atoms with E-state index < -0.39 is 11.6 Å². The molecular weight excluding hydrogens is 430 g/mol. The topological polar surface area (TPSA) is 87.7 Å². The van der Waals surface area contributed by atoms with Gasteiger partial charge in [-0.25, -0.2) is 4.79 Å². The highest BCUT2D eigenvalue weighted by atomic mass is 16.5. The molecule has 184 valence electrons. The van der Waals surface area contributed by atoms with Gasteiger partial charge in [0, 0.05) is 18.2 Å². The van der Waals surface area contributed by atoms with Crippen LogP contribution in [0.25, 0.3) is 0 Å². The molecule has 0 aromatic heterocycles. The lowest BCUT2D eigenvalue weighted by atomic mass is 10.0. The number of hydrogen-bond acceptors (Lipinski definition) is 5. The molecule has 0 spiro atoms. The highest BCUT2D eigenvalue weighted by Crippen LogP contribution is 2.46. The summed E-state index contributed by atoms with van der Waals surface area (Å²) in [4.78, 5) is 41.6. The number of hydrogen-bond donors (Lipinski definition) is 2. The van der Waals surface area contributed by atoms with E-state index in [0.717, 1.165) is 44.2 Å². The average Bonchev–Trinajstić information content (AvgIpc) is 3.69. The fourth-order valence-corrected chi connectivity index (χ4v) is 5.78. The van der Waals surface area contributed by atoms with Gasteiger partial charge in [-0.2, -0.15) is 0 Å². The van der Waals surface area contributed by atoms with Gasteiger partial charge in [0.15, 0.2) is 0 Å². The Bertz CT molecular complexity index is 925. The zero-order valence-electron chi connectivity index (χ0n) is 20.1. The van der Waals surface area contributed by atoms with Gasteiger partial charge in [0.05, 0.1) is 6.61 Å². The van der Waals surface area contributed by atoms with Crippen LogP contribution in [0.5, 0.6) is 0 Å². The third-order valence-electron chi connectivity index (χ3n) is 8.02. The molecule has 0 radical (unpaired) electrons. The normalized spacial score (nSPS) is 38.2. The van der Waals surface area contributed by atoms with Gasteiger partial charge in [-0.05, 0) is 69.8 Å². The summed E-state index contributed by atoms with van der Waals surface area (Å²) in [6.07, 6.45) is 18.7. The van der Waals surface area contributed by atoms with E-state index in [1.54, 1.807) is 11.8 Å². The highest BCUT2D eigenvalue weighted by molar-refractivity contribution is 5.96. The van der Waals surface area contributed by atoms with Crippen molar-refractivity contribution in [2.45, 2.75) is 82.3 Å². The number of carbonyl (C=O) groups excluding carboxylic acids is 3. The molecule has 34 heavy (non-hydrogen) atoms. The van der Waals surface area contributed by atoms with Crippen LogP contribution >= 0.6 is 0 Å². The maximum atomic E-state index is 13.7. The molecule has 2 heterocycles. The van der Waals surface area contributed by atoms with Crippen LogP contribution in [0.1, 0.15) is 64.7 Å². The Morgan fingerprint density at radius 1 is 1.18 bits per heavy atom.